The summed E-state index contributed by atoms with van der Waals surface area (Å²) in [5.74, 6) is 5.37. The molecule has 7 atom stereocenters. The van der Waals surface area contributed by atoms with Crippen molar-refractivity contribution in [3.05, 3.63) is 23.8 Å². The predicted octanol–water partition coefficient (Wildman–Crippen LogP) is 7.86. The molecule has 6 aliphatic rings. The molecule has 0 aromatic rings. The Morgan fingerprint density at radius 1 is 0.971 bits per heavy atom. The minimum Gasteiger partial charge on any atom is -0.392 e. The second-order valence-electron chi connectivity index (χ2n) is 14.0. The number of methoxy groups -OCH3 is 1. The molecule has 0 bridgehead atoms. The summed E-state index contributed by atoms with van der Waals surface area (Å²) in [6.07, 6.45) is 28.0. The van der Waals surface area contributed by atoms with Crippen molar-refractivity contribution in [3.8, 4) is 0 Å². The molecule has 2 nitrogen and oxygen atoms in total. The van der Waals surface area contributed by atoms with E-state index in [1.54, 1.807) is 5.57 Å². The lowest BCUT2D eigenvalue weighted by Crippen LogP contribution is -2.43. The van der Waals surface area contributed by atoms with Crippen LogP contribution in [-0.2, 0) is 4.74 Å². The molecule has 0 saturated heterocycles. The molecule has 4 saturated carbocycles. The standard InChI is InChI=1S/C32H50O2/c1-30(2,34-3)16-6-4-8-22-10-11-26-24-12-14-27-25(13-15-28(33)32(27)20-21-32)23(24)9-5-7-17-31(18-19-31)29(22)26/h7,14,17,22-26,28-29,33H,4-6,8-13,15-16,18-21H2,1-3H3/b17-7-/t22?,23-,24?,25?,26?,28-,29?/m0/s1. The number of aliphatic hydroxyl groups is 1. The first-order valence-electron chi connectivity index (χ1n) is 15.0. The molecule has 190 valence electrons. The van der Waals surface area contributed by atoms with Crippen LogP contribution in [0.2, 0.25) is 0 Å². The van der Waals surface area contributed by atoms with E-state index in [9.17, 15) is 5.11 Å². The summed E-state index contributed by atoms with van der Waals surface area (Å²) < 4.78 is 5.68. The average Bonchev–Trinajstić information content (AvgIpc) is 3.74. The molecule has 6 rings (SSSR count). The Bertz CT molecular complexity index is 813. The normalized spacial score (nSPS) is 42.6. The molecule has 2 heteroatoms. The third-order valence-corrected chi connectivity index (χ3v) is 12.0. The van der Waals surface area contributed by atoms with Crippen molar-refractivity contribution in [1.82, 2.24) is 0 Å². The van der Waals surface area contributed by atoms with Gasteiger partial charge in [0.25, 0.3) is 0 Å². The van der Waals surface area contributed by atoms with Gasteiger partial charge in [-0.15, -0.1) is 0 Å². The molecular formula is C32H50O2. The monoisotopic (exact) mass is 466 g/mol. The second kappa shape index (κ2) is 8.76. The van der Waals surface area contributed by atoms with E-state index in [4.69, 9.17) is 4.74 Å². The van der Waals surface area contributed by atoms with Gasteiger partial charge in [-0.25, -0.2) is 0 Å². The quantitative estimate of drug-likeness (QED) is 0.319. The molecule has 0 aliphatic heterocycles. The van der Waals surface area contributed by atoms with Crippen molar-refractivity contribution in [2.45, 2.75) is 122 Å². The summed E-state index contributed by atoms with van der Waals surface area (Å²) in [5, 5.41) is 10.9. The van der Waals surface area contributed by atoms with E-state index in [0.29, 0.717) is 5.41 Å². The highest BCUT2D eigenvalue weighted by molar-refractivity contribution is 5.33. The number of rotatable bonds is 6. The summed E-state index contributed by atoms with van der Waals surface area (Å²) in [7, 11) is 1.86. The minimum atomic E-state index is -0.0517. The minimum absolute atomic E-state index is 0.0304. The van der Waals surface area contributed by atoms with E-state index in [1.165, 1.54) is 89.9 Å². The van der Waals surface area contributed by atoms with Crippen molar-refractivity contribution in [2.24, 2.45) is 46.3 Å². The molecule has 0 aromatic heterocycles. The first kappa shape index (κ1) is 23.8. The fourth-order valence-corrected chi connectivity index (χ4v) is 9.77. The first-order chi connectivity index (χ1) is 16.4. The highest BCUT2D eigenvalue weighted by atomic mass is 16.5. The average molecular weight is 467 g/mol. The van der Waals surface area contributed by atoms with E-state index >= 15 is 0 Å². The predicted molar refractivity (Wildman–Crippen MR) is 139 cm³/mol. The van der Waals surface area contributed by atoms with E-state index in [1.807, 2.05) is 7.11 Å². The number of fused-ring (bicyclic) bond motifs is 7. The van der Waals surface area contributed by atoms with Gasteiger partial charge in [0.05, 0.1) is 11.7 Å². The van der Waals surface area contributed by atoms with Gasteiger partial charge in [0.1, 0.15) is 0 Å². The molecule has 0 heterocycles. The molecule has 0 amide bonds. The van der Waals surface area contributed by atoms with Gasteiger partial charge in [-0.05, 0) is 132 Å². The molecule has 6 aliphatic carbocycles. The number of allylic oxidation sites excluding steroid dienone is 3. The summed E-state index contributed by atoms with van der Waals surface area (Å²) in [6, 6.07) is 0. The lowest BCUT2D eigenvalue weighted by atomic mass is 9.56. The SMILES string of the molecule is COC(C)(C)CCCCC1CCC2C3CC=C4C(CC[C@H](O)C45CC5)[C@H]3CC/C=C\C3(CC3)C12. The lowest BCUT2D eigenvalue weighted by molar-refractivity contribution is 0.0125. The maximum atomic E-state index is 10.9. The Kier molecular flexibility index (Phi) is 6.12. The second-order valence-corrected chi connectivity index (χ2v) is 14.0. The highest BCUT2D eigenvalue weighted by Crippen LogP contribution is 2.69. The maximum absolute atomic E-state index is 10.9. The number of aliphatic hydroxyl groups excluding tert-OH is 1. The summed E-state index contributed by atoms with van der Waals surface area (Å²) in [6.45, 7) is 4.48. The first-order valence-corrected chi connectivity index (χ1v) is 15.0. The van der Waals surface area contributed by atoms with Gasteiger partial charge >= 0.3 is 0 Å². The van der Waals surface area contributed by atoms with Gasteiger partial charge in [0.15, 0.2) is 0 Å². The van der Waals surface area contributed by atoms with Crippen LogP contribution in [0.25, 0.3) is 0 Å². The zero-order chi connectivity index (χ0) is 23.6. The van der Waals surface area contributed by atoms with Crippen LogP contribution < -0.4 is 0 Å². The molecule has 4 fully saturated rings. The maximum Gasteiger partial charge on any atom is 0.0633 e. The summed E-state index contributed by atoms with van der Waals surface area (Å²) in [4.78, 5) is 0. The summed E-state index contributed by atoms with van der Waals surface area (Å²) in [5.41, 5.74) is 2.52. The zero-order valence-corrected chi connectivity index (χ0v) is 22.2. The molecule has 2 spiro atoms. The van der Waals surface area contributed by atoms with Crippen LogP contribution in [0.5, 0.6) is 0 Å². The van der Waals surface area contributed by atoms with E-state index in [2.05, 4.69) is 32.1 Å². The van der Waals surface area contributed by atoms with Gasteiger partial charge < -0.3 is 9.84 Å². The van der Waals surface area contributed by atoms with Gasteiger partial charge in [-0.2, -0.15) is 0 Å². The fourth-order valence-electron chi connectivity index (χ4n) is 9.77. The van der Waals surface area contributed by atoms with Crippen LogP contribution in [0.4, 0.5) is 0 Å². The molecule has 1 N–H and O–H groups in total. The Morgan fingerprint density at radius 2 is 1.79 bits per heavy atom. The van der Waals surface area contributed by atoms with Crippen molar-refractivity contribution < 1.29 is 9.84 Å². The van der Waals surface area contributed by atoms with Crippen LogP contribution >= 0.6 is 0 Å². The van der Waals surface area contributed by atoms with E-state index in [-0.39, 0.29) is 17.1 Å². The summed E-state index contributed by atoms with van der Waals surface area (Å²) >= 11 is 0. The van der Waals surface area contributed by atoms with Gasteiger partial charge in [0, 0.05) is 12.5 Å². The van der Waals surface area contributed by atoms with E-state index < -0.39 is 0 Å². The van der Waals surface area contributed by atoms with Crippen molar-refractivity contribution in [1.29, 1.82) is 0 Å². The van der Waals surface area contributed by atoms with Gasteiger partial charge in [-0.1, -0.05) is 43.1 Å². The van der Waals surface area contributed by atoms with Crippen LogP contribution in [0.15, 0.2) is 23.8 Å². The number of ether oxygens (including phenoxy) is 1. The molecule has 5 unspecified atom stereocenters. The van der Waals surface area contributed by atoms with Crippen LogP contribution in [0.1, 0.15) is 110 Å². The Labute approximate surface area is 209 Å². The smallest absolute Gasteiger partial charge is 0.0633 e. The molecule has 0 radical (unpaired) electrons. The third-order valence-electron chi connectivity index (χ3n) is 12.0. The third kappa shape index (κ3) is 3.98. The highest BCUT2D eigenvalue weighted by Gasteiger charge is 2.61. The van der Waals surface area contributed by atoms with Crippen molar-refractivity contribution >= 4 is 0 Å². The number of unbranched alkanes of at least 4 members (excludes halogenated alkanes) is 1. The Balaban J connectivity index is 1.22. The van der Waals surface area contributed by atoms with Crippen LogP contribution in [0, 0.1) is 46.3 Å². The fraction of sp³-hybridized carbons (Fsp3) is 0.875. The van der Waals surface area contributed by atoms with Crippen molar-refractivity contribution in [2.75, 3.05) is 7.11 Å². The molecule has 0 aromatic carbocycles. The number of hydrogen-bond donors (Lipinski definition) is 1. The van der Waals surface area contributed by atoms with Gasteiger partial charge in [0.2, 0.25) is 0 Å². The Morgan fingerprint density at radius 3 is 2.53 bits per heavy atom. The number of hydrogen-bond acceptors (Lipinski definition) is 2. The molecule has 34 heavy (non-hydrogen) atoms. The van der Waals surface area contributed by atoms with Crippen LogP contribution in [0.3, 0.4) is 0 Å². The Hall–Kier alpha value is -0.600. The van der Waals surface area contributed by atoms with Gasteiger partial charge in [-0.3, -0.25) is 0 Å². The lowest BCUT2D eigenvalue weighted by Gasteiger charge is -2.49. The zero-order valence-electron chi connectivity index (χ0n) is 22.2. The molecular weight excluding hydrogens is 416 g/mol. The van der Waals surface area contributed by atoms with E-state index in [0.717, 1.165) is 41.9 Å². The van der Waals surface area contributed by atoms with Crippen LogP contribution in [-0.4, -0.2) is 23.9 Å². The largest absolute Gasteiger partial charge is 0.392 e. The van der Waals surface area contributed by atoms with Crippen molar-refractivity contribution in [3.63, 3.8) is 0 Å². The topological polar surface area (TPSA) is 29.5 Å².